The van der Waals surface area contributed by atoms with Crippen molar-refractivity contribution in [1.29, 1.82) is 0 Å². The lowest BCUT2D eigenvalue weighted by atomic mass is 9.95. The maximum atomic E-state index is 12.6. The summed E-state index contributed by atoms with van der Waals surface area (Å²) in [7, 11) is 0. The SMILES string of the molecule is O=C(O)CCCN1C(=O)/C(=C\CC2CCCN(C(=O)OCc3ccccc3)C2)SC1=S. The van der Waals surface area contributed by atoms with E-state index >= 15 is 0 Å². The Bertz CT molecular complexity index is 859. The second-order valence-electron chi connectivity index (χ2n) is 7.62. The first kappa shape index (κ1) is 23.3. The number of ether oxygens (including phenoxy) is 1. The molecule has 0 aliphatic carbocycles. The first-order valence-corrected chi connectivity index (χ1v) is 11.6. The molecular formula is C22H26N2O5S2. The van der Waals surface area contributed by atoms with Gasteiger partial charge in [0.05, 0.1) is 4.91 Å². The van der Waals surface area contributed by atoms with Crippen LogP contribution in [0.2, 0.25) is 0 Å². The van der Waals surface area contributed by atoms with Crippen molar-refractivity contribution in [3.63, 3.8) is 0 Å². The Labute approximate surface area is 191 Å². The summed E-state index contributed by atoms with van der Waals surface area (Å²) in [6.45, 7) is 1.85. The van der Waals surface area contributed by atoms with Gasteiger partial charge in [0.1, 0.15) is 10.9 Å². The molecule has 7 nitrogen and oxygen atoms in total. The second-order valence-corrected chi connectivity index (χ2v) is 9.30. The molecule has 0 aromatic heterocycles. The summed E-state index contributed by atoms with van der Waals surface area (Å²) in [6.07, 6.45) is 4.54. The summed E-state index contributed by atoms with van der Waals surface area (Å²) >= 11 is 6.54. The third kappa shape index (κ3) is 6.80. The fraction of sp³-hybridized carbons (Fsp3) is 0.455. The van der Waals surface area contributed by atoms with E-state index in [2.05, 4.69) is 0 Å². The molecule has 1 aromatic rings. The van der Waals surface area contributed by atoms with Crippen molar-refractivity contribution < 1.29 is 24.2 Å². The standard InChI is InChI=1S/C22H26N2O5S2/c25-19(26)9-5-13-24-20(27)18(31-22(24)30)11-10-16-8-4-12-23(14-16)21(28)29-15-17-6-2-1-3-7-17/h1-3,6-7,11,16H,4-5,8-10,12-15H2,(H,25,26)/b18-11+. The first-order valence-electron chi connectivity index (χ1n) is 10.4. The van der Waals surface area contributed by atoms with Gasteiger partial charge in [-0.3, -0.25) is 14.5 Å². The Balaban J connectivity index is 1.48. The van der Waals surface area contributed by atoms with Crippen LogP contribution in [-0.2, 0) is 20.9 Å². The average molecular weight is 463 g/mol. The number of amides is 2. The summed E-state index contributed by atoms with van der Waals surface area (Å²) in [6, 6.07) is 9.59. The minimum absolute atomic E-state index is 0.00832. The lowest BCUT2D eigenvalue weighted by Gasteiger charge is -2.31. The van der Waals surface area contributed by atoms with E-state index in [1.54, 1.807) is 4.90 Å². The Morgan fingerprint density at radius 2 is 2.06 bits per heavy atom. The molecule has 2 aliphatic heterocycles. The molecule has 2 fully saturated rings. The van der Waals surface area contributed by atoms with Crippen molar-refractivity contribution in [2.24, 2.45) is 5.92 Å². The third-order valence-electron chi connectivity index (χ3n) is 5.26. The smallest absolute Gasteiger partial charge is 0.410 e. The molecule has 1 atom stereocenters. The van der Waals surface area contributed by atoms with Gasteiger partial charge in [-0.2, -0.15) is 0 Å². The van der Waals surface area contributed by atoms with Crippen LogP contribution in [0.4, 0.5) is 4.79 Å². The van der Waals surface area contributed by atoms with Crippen LogP contribution in [0, 0.1) is 5.92 Å². The predicted molar refractivity (Wildman–Crippen MR) is 122 cm³/mol. The summed E-state index contributed by atoms with van der Waals surface area (Å²) in [5.74, 6) is -0.783. The van der Waals surface area contributed by atoms with E-state index in [0.717, 1.165) is 18.4 Å². The highest BCUT2D eigenvalue weighted by Gasteiger charge is 2.32. The van der Waals surface area contributed by atoms with Gasteiger partial charge in [0, 0.05) is 26.1 Å². The van der Waals surface area contributed by atoms with Gasteiger partial charge in [-0.05, 0) is 37.2 Å². The van der Waals surface area contributed by atoms with E-state index in [1.807, 2.05) is 36.4 Å². The van der Waals surface area contributed by atoms with Crippen LogP contribution >= 0.6 is 24.0 Å². The van der Waals surface area contributed by atoms with Crippen LogP contribution in [0.5, 0.6) is 0 Å². The van der Waals surface area contributed by atoms with E-state index in [9.17, 15) is 14.4 Å². The van der Waals surface area contributed by atoms with Crippen LogP contribution in [0.3, 0.4) is 0 Å². The number of nitrogens with zero attached hydrogens (tertiary/aromatic N) is 2. The predicted octanol–water partition coefficient (Wildman–Crippen LogP) is 4.03. The number of carbonyl (C=O) groups is 3. The maximum absolute atomic E-state index is 12.6. The number of piperidine rings is 1. The van der Waals surface area contributed by atoms with Gasteiger partial charge in [0.25, 0.3) is 5.91 Å². The summed E-state index contributed by atoms with van der Waals surface area (Å²) in [5, 5.41) is 8.76. The second kappa shape index (κ2) is 11.3. The van der Waals surface area contributed by atoms with Crippen molar-refractivity contribution >= 4 is 46.3 Å². The topological polar surface area (TPSA) is 87.2 Å². The average Bonchev–Trinajstić information content (AvgIpc) is 3.04. The fourth-order valence-electron chi connectivity index (χ4n) is 3.63. The first-order chi connectivity index (χ1) is 14.9. The monoisotopic (exact) mass is 462 g/mol. The van der Waals surface area contributed by atoms with Crippen LogP contribution in [0.25, 0.3) is 0 Å². The van der Waals surface area contributed by atoms with Crippen molar-refractivity contribution in [1.82, 2.24) is 9.80 Å². The molecule has 9 heteroatoms. The third-order valence-corrected chi connectivity index (χ3v) is 6.69. The fourth-order valence-corrected chi connectivity index (χ4v) is 4.92. The zero-order chi connectivity index (χ0) is 22.2. The van der Waals surface area contributed by atoms with E-state index < -0.39 is 5.97 Å². The minimum atomic E-state index is -0.884. The molecule has 1 N–H and O–H groups in total. The van der Waals surface area contributed by atoms with Crippen molar-refractivity contribution in [2.75, 3.05) is 19.6 Å². The number of hydrogen-bond donors (Lipinski definition) is 1. The molecule has 0 spiro atoms. The van der Waals surface area contributed by atoms with E-state index in [1.165, 1.54) is 16.7 Å². The van der Waals surface area contributed by atoms with Crippen molar-refractivity contribution in [2.45, 2.75) is 38.7 Å². The zero-order valence-electron chi connectivity index (χ0n) is 17.2. The molecule has 2 heterocycles. The molecule has 2 aliphatic rings. The number of aliphatic carboxylic acids is 1. The number of carboxylic acids is 1. The number of likely N-dealkylation sites (tertiary alicyclic amines) is 1. The largest absolute Gasteiger partial charge is 0.481 e. The zero-order valence-corrected chi connectivity index (χ0v) is 18.8. The van der Waals surface area contributed by atoms with Gasteiger partial charge in [-0.15, -0.1) is 0 Å². The van der Waals surface area contributed by atoms with E-state index in [4.69, 9.17) is 22.1 Å². The highest BCUT2D eigenvalue weighted by Crippen LogP contribution is 2.32. The van der Waals surface area contributed by atoms with Crippen molar-refractivity contribution in [3.05, 3.63) is 46.9 Å². The molecule has 166 valence electrons. The Morgan fingerprint density at radius 1 is 1.29 bits per heavy atom. The molecule has 0 bridgehead atoms. The maximum Gasteiger partial charge on any atom is 0.410 e. The lowest BCUT2D eigenvalue weighted by Crippen LogP contribution is -2.40. The number of rotatable bonds is 8. The summed E-state index contributed by atoms with van der Waals surface area (Å²) < 4.78 is 5.91. The minimum Gasteiger partial charge on any atom is -0.481 e. The number of carbonyl (C=O) groups excluding carboxylic acids is 2. The highest BCUT2D eigenvalue weighted by molar-refractivity contribution is 8.26. The number of thioether (sulfide) groups is 1. The van der Waals surface area contributed by atoms with Gasteiger partial charge in [-0.25, -0.2) is 4.79 Å². The molecule has 0 radical (unpaired) electrons. The van der Waals surface area contributed by atoms with Crippen LogP contribution in [0.1, 0.15) is 37.7 Å². The molecule has 3 rings (SSSR count). The summed E-state index contributed by atoms with van der Waals surface area (Å²) in [4.78, 5) is 39.5. The lowest BCUT2D eigenvalue weighted by molar-refractivity contribution is -0.137. The summed E-state index contributed by atoms with van der Waals surface area (Å²) in [5.41, 5.74) is 0.954. The number of allylic oxidation sites excluding steroid dienone is 1. The van der Waals surface area contributed by atoms with E-state index in [-0.39, 0.29) is 30.9 Å². The number of benzene rings is 1. The number of hydrogen-bond acceptors (Lipinski definition) is 6. The normalized spacial score (nSPS) is 20.4. The van der Waals surface area contributed by atoms with Gasteiger partial charge < -0.3 is 14.7 Å². The van der Waals surface area contributed by atoms with Crippen LogP contribution in [-0.4, -0.2) is 56.8 Å². The van der Waals surface area contributed by atoms with Gasteiger partial charge in [0.15, 0.2) is 0 Å². The molecule has 31 heavy (non-hydrogen) atoms. The Hall–Kier alpha value is -2.39. The van der Waals surface area contributed by atoms with Gasteiger partial charge in [0.2, 0.25) is 0 Å². The van der Waals surface area contributed by atoms with Crippen molar-refractivity contribution in [3.8, 4) is 0 Å². The highest BCUT2D eigenvalue weighted by atomic mass is 32.2. The van der Waals surface area contributed by atoms with Gasteiger partial charge >= 0.3 is 12.1 Å². The van der Waals surface area contributed by atoms with E-state index in [0.29, 0.717) is 41.7 Å². The molecule has 0 saturated carbocycles. The Kier molecular flexibility index (Phi) is 8.48. The molecule has 1 unspecified atom stereocenters. The van der Waals surface area contributed by atoms with Gasteiger partial charge in [-0.1, -0.05) is 60.4 Å². The Morgan fingerprint density at radius 3 is 2.81 bits per heavy atom. The molecule has 2 amide bonds. The molecular weight excluding hydrogens is 436 g/mol. The molecule has 2 saturated heterocycles. The number of thiocarbonyl (C=S) groups is 1. The van der Waals surface area contributed by atoms with Crippen LogP contribution < -0.4 is 0 Å². The number of carboxylic acid groups (broad SMARTS) is 1. The molecule has 1 aromatic carbocycles. The van der Waals surface area contributed by atoms with Crippen LogP contribution in [0.15, 0.2) is 41.3 Å². The quantitative estimate of drug-likeness (QED) is 0.461.